The summed E-state index contributed by atoms with van der Waals surface area (Å²) in [5.41, 5.74) is -0.0288. The predicted octanol–water partition coefficient (Wildman–Crippen LogP) is 2.68. The van der Waals surface area contributed by atoms with Crippen molar-refractivity contribution in [2.24, 2.45) is 0 Å². The molecule has 1 aliphatic heterocycles. The molecule has 8 nitrogen and oxygen atoms in total. The van der Waals surface area contributed by atoms with E-state index in [2.05, 4.69) is 15.2 Å². The minimum Gasteiger partial charge on any atom is -0.377 e. The maximum absolute atomic E-state index is 12.5. The zero-order valence-corrected chi connectivity index (χ0v) is 17.0. The van der Waals surface area contributed by atoms with Crippen molar-refractivity contribution in [2.45, 2.75) is 50.0 Å². The average Bonchev–Trinajstić information content (AvgIpc) is 3.31. The molecule has 0 radical (unpaired) electrons. The van der Waals surface area contributed by atoms with E-state index in [-0.39, 0.29) is 34.3 Å². The predicted molar refractivity (Wildman–Crippen MR) is 104 cm³/mol. The largest absolute Gasteiger partial charge is 0.377 e. The van der Waals surface area contributed by atoms with E-state index in [1.165, 1.54) is 18.2 Å². The van der Waals surface area contributed by atoms with Crippen molar-refractivity contribution < 1.29 is 22.5 Å². The average molecular weight is 407 g/mol. The molecule has 1 aromatic heterocycles. The lowest BCUT2D eigenvalue weighted by molar-refractivity contribution is 0.102. The van der Waals surface area contributed by atoms with Gasteiger partial charge in [0.25, 0.3) is 5.91 Å². The number of nitrogens with zero attached hydrogens (tertiary/aromatic N) is 1. The van der Waals surface area contributed by atoms with Crippen molar-refractivity contribution >= 4 is 21.7 Å². The number of carbonyl (C=O) groups excluding carboxylic acids is 1. The molecule has 1 atom stereocenters. The fourth-order valence-corrected chi connectivity index (χ4v) is 3.88. The number of hydrogen-bond donors (Lipinski definition) is 2. The van der Waals surface area contributed by atoms with Crippen molar-refractivity contribution in [3.63, 3.8) is 0 Å². The monoisotopic (exact) mass is 407 g/mol. The van der Waals surface area contributed by atoms with Crippen LogP contribution in [0.4, 0.5) is 5.82 Å². The van der Waals surface area contributed by atoms with Crippen LogP contribution in [0.3, 0.4) is 0 Å². The Morgan fingerprint density at radius 1 is 1.29 bits per heavy atom. The maximum atomic E-state index is 12.5. The third-order valence-corrected chi connectivity index (χ3v) is 5.84. The van der Waals surface area contributed by atoms with E-state index >= 15 is 0 Å². The summed E-state index contributed by atoms with van der Waals surface area (Å²) in [7, 11) is -3.74. The molecule has 28 heavy (non-hydrogen) atoms. The summed E-state index contributed by atoms with van der Waals surface area (Å²) >= 11 is 0. The van der Waals surface area contributed by atoms with Crippen LogP contribution in [-0.4, -0.2) is 38.7 Å². The first-order chi connectivity index (χ1) is 13.1. The SMILES string of the molecule is CC(C)(C)c1cc(NC(=O)c2cccc(S(=O)(=O)NCC3CCCO3)c2)no1. The van der Waals surface area contributed by atoms with Crippen LogP contribution in [0.5, 0.6) is 0 Å². The van der Waals surface area contributed by atoms with Crippen molar-refractivity contribution in [3.05, 3.63) is 41.7 Å². The molecule has 0 aliphatic carbocycles. The number of amides is 1. The molecule has 0 bridgehead atoms. The summed E-state index contributed by atoms with van der Waals surface area (Å²) in [4.78, 5) is 12.5. The fourth-order valence-electron chi connectivity index (χ4n) is 2.77. The first-order valence-corrected chi connectivity index (χ1v) is 10.6. The Bertz CT molecular complexity index is 940. The second kappa shape index (κ2) is 8.02. The highest BCUT2D eigenvalue weighted by Gasteiger charge is 2.22. The highest BCUT2D eigenvalue weighted by molar-refractivity contribution is 7.89. The van der Waals surface area contributed by atoms with Gasteiger partial charge >= 0.3 is 0 Å². The molecule has 1 saturated heterocycles. The molecular formula is C19H25N3O5S. The molecule has 2 N–H and O–H groups in total. The van der Waals surface area contributed by atoms with Crippen molar-refractivity contribution in [1.82, 2.24) is 9.88 Å². The van der Waals surface area contributed by atoms with E-state index in [9.17, 15) is 13.2 Å². The highest BCUT2D eigenvalue weighted by Crippen LogP contribution is 2.24. The number of rotatable bonds is 6. The van der Waals surface area contributed by atoms with Gasteiger partial charge in [-0.25, -0.2) is 13.1 Å². The fraction of sp³-hybridized carbons (Fsp3) is 0.474. The number of benzene rings is 1. The Morgan fingerprint density at radius 3 is 2.71 bits per heavy atom. The lowest BCUT2D eigenvalue weighted by Crippen LogP contribution is -2.32. The van der Waals surface area contributed by atoms with Gasteiger partial charge in [-0.15, -0.1) is 0 Å². The molecular weight excluding hydrogens is 382 g/mol. The smallest absolute Gasteiger partial charge is 0.256 e. The van der Waals surface area contributed by atoms with E-state index in [1.54, 1.807) is 12.1 Å². The summed E-state index contributed by atoms with van der Waals surface area (Å²) in [6.07, 6.45) is 1.66. The number of hydrogen-bond acceptors (Lipinski definition) is 6. The standard InChI is InChI=1S/C19H25N3O5S/c1-19(2,3)16-11-17(22-27-16)21-18(23)13-6-4-8-15(10-13)28(24,25)20-12-14-7-5-9-26-14/h4,6,8,10-11,14,20H,5,7,9,12H2,1-3H3,(H,21,22,23). The Hall–Kier alpha value is -2.23. The molecule has 1 aliphatic rings. The highest BCUT2D eigenvalue weighted by atomic mass is 32.2. The topological polar surface area (TPSA) is 111 Å². The quantitative estimate of drug-likeness (QED) is 0.762. The van der Waals surface area contributed by atoms with Crippen LogP contribution in [-0.2, 0) is 20.2 Å². The lowest BCUT2D eigenvalue weighted by atomic mass is 9.93. The first kappa shape index (κ1) is 20.5. The minimum atomic E-state index is -3.74. The van der Waals surface area contributed by atoms with E-state index in [4.69, 9.17) is 9.26 Å². The van der Waals surface area contributed by atoms with Crippen LogP contribution in [0.1, 0.15) is 49.7 Å². The van der Waals surface area contributed by atoms with E-state index < -0.39 is 15.9 Å². The molecule has 0 spiro atoms. The summed E-state index contributed by atoms with van der Waals surface area (Å²) < 4.78 is 38.2. The van der Waals surface area contributed by atoms with Crippen molar-refractivity contribution in [2.75, 3.05) is 18.5 Å². The van der Waals surface area contributed by atoms with Crippen LogP contribution in [0, 0.1) is 0 Å². The van der Waals surface area contributed by atoms with Gasteiger partial charge in [0.2, 0.25) is 10.0 Å². The molecule has 2 heterocycles. The first-order valence-electron chi connectivity index (χ1n) is 9.15. The maximum Gasteiger partial charge on any atom is 0.256 e. The van der Waals surface area contributed by atoms with Crippen LogP contribution in [0.25, 0.3) is 0 Å². The Kier molecular flexibility index (Phi) is 5.87. The van der Waals surface area contributed by atoms with Crippen LogP contribution < -0.4 is 10.0 Å². The third-order valence-electron chi connectivity index (χ3n) is 4.42. The Labute approximate surface area is 164 Å². The normalized spacial score (nSPS) is 17.6. The number of aromatic nitrogens is 1. The molecule has 3 rings (SSSR count). The third kappa shape index (κ3) is 4.98. The molecule has 0 saturated carbocycles. The van der Waals surface area contributed by atoms with Gasteiger partial charge in [-0.2, -0.15) is 0 Å². The van der Waals surface area contributed by atoms with Crippen LogP contribution in [0.2, 0.25) is 0 Å². The summed E-state index contributed by atoms with van der Waals surface area (Å²) in [6.45, 7) is 6.78. The van der Waals surface area contributed by atoms with Gasteiger partial charge in [-0.1, -0.05) is 32.0 Å². The minimum absolute atomic E-state index is 0.0219. The van der Waals surface area contributed by atoms with Gasteiger partial charge < -0.3 is 14.6 Å². The van der Waals surface area contributed by atoms with Crippen LogP contribution in [0.15, 0.2) is 39.8 Å². The van der Waals surface area contributed by atoms with Gasteiger partial charge in [-0.3, -0.25) is 4.79 Å². The zero-order chi connectivity index (χ0) is 20.4. The number of carbonyl (C=O) groups is 1. The molecule has 152 valence electrons. The zero-order valence-electron chi connectivity index (χ0n) is 16.2. The number of sulfonamides is 1. The van der Waals surface area contributed by atoms with Gasteiger partial charge in [0.05, 0.1) is 11.0 Å². The molecule has 1 fully saturated rings. The molecule has 2 aromatic rings. The van der Waals surface area contributed by atoms with Gasteiger partial charge in [0.1, 0.15) is 5.76 Å². The van der Waals surface area contributed by atoms with Gasteiger partial charge in [0.15, 0.2) is 5.82 Å². The van der Waals surface area contributed by atoms with Crippen LogP contribution >= 0.6 is 0 Å². The van der Waals surface area contributed by atoms with Gasteiger partial charge in [-0.05, 0) is 31.0 Å². The summed E-state index contributed by atoms with van der Waals surface area (Å²) in [5, 5.41) is 6.47. The van der Waals surface area contributed by atoms with Crippen molar-refractivity contribution in [3.8, 4) is 0 Å². The summed E-state index contributed by atoms with van der Waals surface area (Å²) in [6, 6.07) is 7.50. The number of anilines is 1. The Morgan fingerprint density at radius 2 is 2.07 bits per heavy atom. The second-order valence-electron chi connectivity index (χ2n) is 7.80. The number of nitrogens with one attached hydrogen (secondary N) is 2. The molecule has 1 unspecified atom stereocenters. The van der Waals surface area contributed by atoms with Gasteiger partial charge in [0, 0.05) is 30.2 Å². The molecule has 1 amide bonds. The number of ether oxygens (including phenoxy) is 1. The Balaban J connectivity index is 1.69. The van der Waals surface area contributed by atoms with Crippen molar-refractivity contribution in [1.29, 1.82) is 0 Å². The van der Waals surface area contributed by atoms with E-state index in [0.717, 1.165) is 12.8 Å². The second-order valence-corrected chi connectivity index (χ2v) is 9.56. The van der Waals surface area contributed by atoms with E-state index in [0.29, 0.717) is 12.4 Å². The summed E-state index contributed by atoms with van der Waals surface area (Å²) in [5.74, 6) is 0.446. The lowest BCUT2D eigenvalue weighted by Gasteiger charge is -2.12. The molecule has 9 heteroatoms. The molecule has 1 aromatic carbocycles. The van der Waals surface area contributed by atoms with E-state index in [1.807, 2.05) is 20.8 Å².